The van der Waals surface area contributed by atoms with E-state index in [0.717, 1.165) is 5.92 Å². The van der Waals surface area contributed by atoms with Crippen molar-refractivity contribution in [2.75, 3.05) is 0 Å². The molecule has 2 rings (SSSR count). The molecule has 0 spiro atoms. The molecule has 1 aromatic carbocycles. The predicted octanol–water partition coefficient (Wildman–Crippen LogP) is 4.92. The monoisotopic (exact) mass is 314 g/mol. The van der Waals surface area contributed by atoms with Gasteiger partial charge in [0.2, 0.25) is 0 Å². The SMILES string of the molecule is CCC(I)(c1ccccc1)C1CCCC1. The highest BCUT2D eigenvalue weighted by atomic mass is 127. The van der Waals surface area contributed by atoms with Gasteiger partial charge in [0.1, 0.15) is 0 Å². The van der Waals surface area contributed by atoms with Crippen LogP contribution in [0.5, 0.6) is 0 Å². The third-order valence-electron chi connectivity index (χ3n) is 3.77. The first-order valence-corrected chi connectivity index (χ1v) is 7.09. The van der Waals surface area contributed by atoms with Gasteiger partial charge in [0.15, 0.2) is 0 Å². The highest BCUT2D eigenvalue weighted by molar-refractivity contribution is 14.1. The van der Waals surface area contributed by atoms with E-state index in [1.807, 2.05) is 0 Å². The molecule has 1 saturated carbocycles. The quantitative estimate of drug-likeness (QED) is 0.549. The van der Waals surface area contributed by atoms with E-state index in [4.69, 9.17) is 0 Å². The molecule has 1 aromatic rings. The van der Waals surface area contributed by atoms with Crippen LogP contribution in [-0.2, 0) is 3.42 Å². The van der Waals surface area contributed by atoms with Gasteiger partial charge in [-0.3, -0.25) is 0 Å². The lowest BCUT2D eigenvalue weighted by atomic mass is 9.83. The Kier molecular flexibility index (Phi) is 3.70. The number of benzene rings is 1. The molecule has 1 atom stereocenters. The Labute approximate surface area is 107 Å². The van der Waals surface area contributed by atoms with Crippen LogP contribution in [0, 0.1) is 5.92 Å². The summed E-state index contributed by atoms with van der Waals surface area (Å²) in [6.07, 6.45) is 6.96. The Morgan fingerprint density at radius 1 is 1.20 bits per heavy atom. The van der Waals surface area contributed by atoms with E-state index in [2.05, 4.69) is 59.8 Å². The molecule has 15 heavy (non-hydrogen) atoms. The van der Waals surface area contributed by atoms with Gasteiger partial charge in [-0.2, -0.15) is 0 Å². The molecule has 0 nitrogen and oxygen atoms in total. The minimum absolute atomic E-state index is 0.384. The van der Waals surface area contributed by atoms with Gasteiger partial charge in [0.05, 0.1) is 0 Å². The number of hydrogen-bond acceptors (Lipinski definition) is 0. The largest absolute Gasteiger partial charge is 0.0734 e. The topological polar surface area (TPSA) is 0 Å². The smallest absolute Gasteiger partial charge is 0.0495 e. The van der Waals surface area contributed by atoms with E-state index in [1.165, 1.54) is 37.7 Å². The Bertz CT molecular complexity index is 300. The average molecular weight is 314 g/mol. The fourth-order valence-corrected chi connectivity index (χ4v) is 3.81. The van der Waals surface area contributed by atoms with Crippen LogP contribution in [-0.4, -0.2) is 0 Å². The summed E-state index contributed by atoms with van der Waals surface area (Å²) in [5, 5.41) is 0. The van der Waals surface area contributed by atoms with Crippen LogP contribution in [0.15, 0.2) is 30.3 Å². The molecule has 0 aromatic heterocycles. The minimum atomic E-state index is 0.384. The van der Waals surface area contributed by atoms with Gasteiger partial charge in [-0.15, -0.1) is 0 Å². The zero-order valence-corrected chi connectivity index (χ0v) is 11.5. The third-order valence-corrected chi connectivity index (χ3v) is 6.04. The van der Waals surface area contributed by atoms with Gasteiger partial charge in [0.25, 0.3) is 0 Å². The molecule has 0 heterocycles. The maximum absolute atomic E-state index is 2.71. The van der Waals surface area contributed by atoms with Crippen LogP contribution < -0.4 is 0 Å². The zero-order valence-electron chi connectivity index (χ0n) is 9.38. The Morgan fingerprint density at radius 3 is 2.33 bits per heavy atom. The van der Waals surface area contributed by atoms with E-state index in [1.54, 1.807) is 0 Å². The van der Waals surface area contributed by atoms with Crippen molar-refractivity contribution in [3.63, 3.8) is 0 Å². The van der Waals surface area contributed by atoms with Crippen molar-refractivity contribution in [1.29, 1.82) is 0 Å². The summed E-state index contributed by atoms with van der Waals surface area (Å²) in [7, 11) is 0. The van der Waals surface area contributed by atoms with E-state index < -0.39 is 0 Å². The first kappa shape index (κ1) is 11.4. The molecular weight excluding hydrogens is 295 g/mol. The van der Waals surface area contributed by atoms with Crippen molar-refractivity contribution in [2.24, 2.45) is 5.92 Å². The third kappa shape index (κ3) is 2.22. The van der Waals surface area contributed by atoms with Crippen molar-refractivity contribution in [2.45, 2.75) is 42.4 Å². The number of alkyl halides is 1. The van der Waals surface area contributed by atoms with E-state index in [-0.39, 0.29) is 0 Å². The Balaban J connectivity index is 2.28. The van der Waals surface area contributed by atoms with Crippen LogP contribution in [0.3, 0.4) is 0 Å². The predicted molar refractivity (Wildman–Crippen MR) is 74.4 cm³/mol. The summed E-state index contributed by atoms with van der Waals surface area (Å²) < 4.78 is 0.384. The van der Waals surface area contributed by atoms with Crippen LogP contribution in [0.1, 0.15) is 44.6 Å². The first-order chi connectivity index (χ1) is 7.27. The lowest BCUT2D eigenvalue weighted by molar-refractivity contribution is 0.403. The van der Waals surface area contributed by atoms with Crippen molar-refractivity contribution in [1.82, 2.24) is 0 Å². The van der Waals surface area contributed by atoms with E-state index in [0.29, 0.717) is 3.42 Å². The fourth-order valence-electron chi connectivity index (χ4n) is 2.83. The van der Waals surface area contributed by atoms with Gasteiger partial charge in [-0.05, 0) is 30.7 Å². The first-order valence-electron chi connectivity index (χ1n) is 6.02. The second-order valence-electron chi connectivity index (χ2n) is 4.56. The number of halogens is 1. The molecule has 0 N–H and O–H groups in total. The molecule has 0 amide bonds. The fraction of sp³-hybridized carbons (Fsp3) is 0.571. The summed E-state index contributed by atoms with van der Waals surface area (Å²) in [5.41, 5.74) is 1.53. The molecule has 0 radical (unpaired) electrons. The van der Waals surface area contributed by atoms with Crippen LogP contribution in [0.2, 0.25) is 0 Å². The second-order valence-corrected chi connectivity index (χ2v) is 6.49. The molecule has 1 aliphatic carbocycles. The normalized spacial score (nSPS) is 21.5. The van der Waals surface area contributed by atoms with Crippen LogP contribution >= 0.6 is 22.6 Å². The molecular formula is C14H19I. The average Bonchev–Trinajstić information content (AvgIpc) is 2.83. The number of rotatable bonds is 3. The highest BCUT2D eigenvalue weighted by Gasteiger charge is 2.37. The molecule has 0 bridgehead atoms. The van der Waals surface area contributed by atoms with E-state index >= 15 is 0 Å². The van der Waals surface area contributed by atoms with Gasteiger partial charge in [-0.25, -0.2) is 0 Å². The van der Waals surface area contributed by atoms with Gasteiger partial charge in [-0.1, -0.05) is 72.7 Å². The maximum Gasteiger partial charge on any atom is 0.0495 e. The van der Waals surface area contributed by atoms with Gasteiger partial charge < -0.3 is 0 Å². The standard InChI is InChI=1S/C14H19I/c1-2-14(15,13-10-6-7-11-13)12-8-4-3-5-9-12/h3-5,8-9,13H,2,6-7,10-11H2,1H3. The Morgan fingerprint density at radius 2 is 1.80 bits per heavy atom. The maximum atomic E-state index is 2.71. The van der Waals surface area contributed by atoms with Crippen molar-refractivity contribution >= 4 is 22.6 Å². The second kappa shape index (κ2) is 4.86. The summed E-state index contributed by atoms with van der Waals surface area (Å²) in [4.78, 5) is 0. The van der Waals surface area contributed by atoms with Crippen LogP contribution in [0.4, 0.5) is 0 Å². The van der Waals surface area contributed by atoms with Crippen molar-refractivity contribution in [3.8, 4) is 0 Å². The van der Waals surface area contributed by atoms with E-state index in [9.17, 15) is 0 Å². The molecule has 82 valence electrons. The summed E-state index contributed by atoms with van der Waals surface area (Å²) >= 11 is 2.71. The lowest BCUT2D eigenvalue weighted by Gasteiger charge is -2.33. The summed E-state index contributed by atoms with van der Waals surface area (Å²) in [6.45, 7) is 2.33. The lowest BCUT2D eigenvalue weighted by Crippen LogP contribution is -2.26. The van der Waals surface area contributed by atoms with Gasteiger partial charge >= 0.3 is 0 Å². The minimum Gasteiger partial charge on any atom is -0.0734 e. The molecule has 0 aliphatic heterocycles. The molecule has 1 heteroatoms. The Hall–Kier alpha value is -0.0500. The molecule has 0 saturated heterocycles. The van der Waals surface area contributed by atoms with Gasteiger partial charge in [0, 0.05) is 3.42 Å². The highest BCUT2D eigenvalue weighted by Crippen LogP contribution is 2.49. The molecule has 1 unspecified atom stereocenters. The summed E-state index contributed by atoms with van der Waals surface area (Å²) in [6, 6.07) is 11.1. The van der Waals surface area contributed by atoms with Crippen LogP contribution in [0.25, 0.3) is 0 Å². The summed E-state index contributed by atoms with van der Waals surface area (Å²) in [5.74, 6) is 0.894. The molecule has 1 fully saturated rings. The van der Waals surface area contributed by atoms with Crippen molar-refractivity contribution < 1.29 is 0 Å². The number of hydrogen-bond donors (Lipinski definition) is 0. The molecule has 1 aliphatic rings. The zero-order chi connectivity index (χ0) is 10.7. The van der Waals surface area contributed by atoms with Crippen molar-refractivity contribution in [3.05, 3.63) is 35.9 Å².